The first-order valence-corrected chi connectivity index (χ1v) is 10.8. The minimum Gasteiger partial charge on any atom is -0.481 e. The molecule has 0 bridgehead atoms. The second-order valence-corrected chi connectivity index (χ2v) is 7.04. The summed E-state index contributed by atoms with van der Waals surface area (Å²) in [6.07, 6.45) is 3.41. The van der Waals surface area contributed by atoms with Gasteiger partial charge in [-0.2, -0.15) is 0 Å². The summed E-state index contributed by atoms with van der Waals surface area (Å²) in [5, 5.41) is 8.15. The fourth-order valence-corrected chi connectivity index (χ4v) is 2.50. The molecule has 0 aliphatic heterocycles. The first-order chi connectivity index (χ1) is 17.0. The summed E-state index contributed by atoms with van der Waals surface area (Å²) in [4.78, 5) is 29.0. The number of hydrogen-bond acceptors (Lipinski definition) is 5. The Morgan fingerprint density at radius 3 is 1.64 bits per heavy atom. The topological polar surface area (TPSA) is 89.4 Å². The zero-order chi connectivity index (χ0) is 25.3. The number of esters is 1. The van der Waals surface area contributed by atoms with Crippen molar-refractivity contribution in [3.8, 4) is 22.5 Å². The first-order valence-electron chi connectivity index (χ1n) is 10.8. The van der Waals surface area contributed by atoms with Crippen LogP contribution in [0.2, 0.25) is 0 Å². The zero-order valence-corrected chi connectivity index (χ0v) is 21.4. The van der Waals surface area contributed by atoms with Crippen molar-refractivity contribution in [3.05, 3.63) is 122 Å². The van der Waals surface area contributed by atoms with Gasteiger partial charge in [0, 0.05) is 18.0 Å². The van der Waals surface area contributed by atoms with Crippen LogP contribution >= 0.6 is 0 Å². The summed E-state index contributed by atoms with van der Waals surface area (Å²) in [5.41, 5.74) is 4.29. The minimum atomic E-state index is -0.987. The predicted octanol–water partition coefficient (Wildman–Crippen LogP) is 5.68. The normalized spacial score (nSPS) is 9.14. The second kappa shape index (κ2) is 17.5. The number of benzene rings is 2. The first kappa shape index (κ1) is 30.1. The van der Waals surface area contributed by atoms with Crippen LogP contribution in [0.3, 0.4) is 0 Å². The van der Waals surface area contributed by atoms with Gasteiger partial charge >= 0.3 is 31.4 Å². The maximum absolute atomic E-state index is 10.6. The fraction of sp³-hybridized carbons (Fsp3) is 0.103. The molecule has 0 unspecified atom stereocenters. The Morgan fingerprint density at radius 2 is 1.31 bits per heavy atom. The summed E-state index contributed by atoms with van der Waals surface area (Å²) in [6.45, 7) is 4.74. The van der Waals surface area contributed by atoms with Crippen molar-refractivity contribution in [2.45, 2.75) is 13.3 Å². The van der Waals surface area contributed by atoms with Gasteiger partial charge in [0.25, 0.3) is 0 Å². The van der Waals surface area contributed by atoms with E-state index in [1.165, 1.54) is 6.92 Å². The predicted molar refractivity (Wildman–Crippen MR) is 135 cm³/mol. The van der Waals surface area contributed by atoms with Gasteiger partial charge in [-0.1, -0.05) is 30.8 Å². The average Bonchev–Trinajstić information content (AvgIpc) is 2.91. The number of nitrogens with zero attached hydrogens (tertiary/aromatic N) is 2. The summed E-state index contributed by atoms with van der Waals surface area (Å²) >= 11 is 0. The zero-order valence-electron chi connectivity index (χ0n) is 19.8. The van der Waals surface area contributed by atoms with Gasteiger partial charge in [-0.3, -0.25) is 4.79 Å². The molecule has 185 valence electrons. The van der Waals surface area contributed by atoms with Gasteiger partial charge < -0.3 is 19.8 Å². The smallest absolute Gasteiger partial charge is 0.481 e. The molecule has 4 aromatic rings. The van der Waals surface area contributed by atoms with Crippen LogP contribution in [0.25, 0.3) is 22.5 Å². The third-order valence-corrected chi connectivity index (χ3v) is 4.20. The van der Waals surface area contributed by atoms with Crippen molar-refractivity contribution in [2.24, 2.45) is 0 Å². The SMILES string of the molecule is C=C(C)C(=O)OCCC(=O)O.[Rh+2].[c-]1ccccc1-c1ccccn1.[c-]1ccccc1-c1ccccn1. The van der Waals surface area contributed by atoms with E-state index in [0.29, 0.717) is 0 Å². The number of pyridine rings is 2. The van der Waals surface area contributed by atoms with Crippen LogP contribution in [0.5, 0.6) is 0 Å². The number of carboxylic acid groups (broad SMARTS) is 1. The molecule has 0 aliphatic carbocycles. The number of ether oxygens (including phenoxy) is 1. The molecule has 2 heterocycles. The van der Waals surface area contributed by atoms with Crippen LogP contribution in [0, 0.1) is 12.1 Å². The van der Waals surface area contributed by atoms with Crippen LogP contribution in [-0.2, 0) is 33.8 Å². The Balaban J connectivity index is 0.000000267. The van der Waals surface area contributed by atoms with E-state index in [0.717, 1.165) is 22.5 Å². The summed E-state index contributed by atoms with van der Waals surface area (Å²) < 4.78 is 4.49. The summed E-state index contributed by atoms with van der Waals surface area (Å²) in [5.74, 6) is -1.54. The maximum atomic E-state index is 10.6. The molecule has 1 radical (unpaired) electrons. The monoisotopic (exact) mass is 569 g/mol. The standard InChI is InChI=1S/2C11H8N.C7H10O4.Rh/c2*1-2-6-10(7-3-1)11-8-4-5-9-12-11;1-5(2)7(10)11-4-3-6(8)9;/h2*1-6,8-9H;1,3-4H2,2H3,(H,8,9);/q2*-1;;+2. The summed E-state index contributed by atoms with van der Waals surface area (Å²) in [6, 6.07) is 33.6. The van der Waals surface area contributed by atoms with E-state index >= 15 is 0 Å². The Bertz CT molecular complexity index is 1020. The molecule has 36 heavy (non-hydrogen) atoms. The largest absolute Gasteiger partial charge is 2.00 e. The van der Waals surface area contributed by atoms with Crippen LogP contribution in [0.1, 0.15) is 13.3 Å². The van der Waals surface area contributed by atoms with Gasteiger partial charge in [0.05, 0.1) is 6.42 Å². The maximum Gasteiger partial charge on any atom is 2.00 e. The molecule has 1 N–H and O–H groups in total. The number of carbonyl (C=O) groups is 2. The quantitative estimate of drug-likeness (QED) is 0.139. The van der Waals surface area contributed by atoms with Crippen molar-refractivity contribution < 1.29 is 38.9 Å². The third-order valence-electron chi connectivity index (χ3n) is 4.20. The van der Waals surface area contributed by atoms with E-state index in [1.807, 2.05) is 84.9 Å². The molecule has 4 rings (SSSR count). The number of aliphatic carboxylic acids is 1. The number of rotatable bonds is 6. The molecule has 2 aromatic carbocycles. The Labute approximate surface area is 224 Å². The Hall–Kier alpha value is -3.96. The minimum absolute atomic E-state index is 0. The van der Waals surface area contributed by atoms with Crippen LogP contribution in [0.15, 0.2) is 109 Å². The number of hydrogen-bond donors (Lipinski definition) is 1. The van der Waals surface area contributed by atoms with Crippen LogP contribution in [0.4, 0.5) is 0 Å². The Kier molecular flexibility index (Phi) is 14.6. The van der Waals surface area contributed by atoms with Gasteiger partial charge in [0.1, 0.15) is 6.61 Å². The van der Waals surface area contributed by atoms with E-state index in [-0.39, 0.29) is 38.1 Å². The molecule has 7 heteroatoms. The van der Waals surface area contributed by atoms with Crippen molar-refractivity contribution >= 4 is 11.9 Å². The van der Waals surface area contributed by atoms with E-state index in [9.17, 15) is 9.59 Å². The van der Waals surface area contributed by atoms with Crippen molar-refractivity contribution in [3.63, 3.8) is 0 Å². The number of carboxylic acids is 1. The Morgan fingerprint density at radius 1 is 0.833 bits per heavy atom. The third kappa shape index (κ3) is 12.0. The average molecular weight is 569 g/mol. The molecular weight excluding hydrogens is 543 g/mol. The van der Waals surface area contributed by atoms with Gasteiger partial charge in [0.15, 0.2) is 0 Å². The van der Waals surface area contributed by atoms with Crippen LogP contribution < -0.4 is 0 Å². The van der Waals surface area contributed by atoms with Crippen LogP contribution in [-0.4, -0.2) is 33.6 Å². The van der Waals surface area contributed by atoms with Gasteiger partial charge in [-0.25, -0.2) is 4.79 Å². The van der Waals surface area contributed by atoms with Gasteiger partial charge in [0.2, 0.25) is 0 Å². The molecule has 2 aromatic heterocycles. The van der Waals surface area contributed by atoms with E-state index in [4.69, 9.17) is 5.11 Å². The van der Waals surface area contributed by atoms with E-state index < -0.39 is 11.9 Å². The molecule has 0 amide bonds. The molecule has 0 spiro atoms. The number of aromatic nitrogens is 2. The van der Waals surface area contributed by atoms with E-state index in [2.05, 4.69) is 33.4 Å². The molecule has 0 fully saturated rings. The summed E-state index contributed by atoms with van der Waals surface area (Å²) in [7, 11) is 0. The van der Waals surface area contributed by atoms with Crippen molar-refractivity contribution in [1.29, 1.82) is 0 Å². The second-order valence-electron chi connectivity index (χ2n) is 7.04. The van der Waals surface area contributed by atoms with Crippen molar-refractivity contribution in [2.75, 3.05) is 6.61 Å². The van der Waals surface area contributed by atoms with Gasteiger partial charge in [-0.05, 0) is 30.4 Å². The molecular formula is C29H26N2O4Rh. The molecule has 0 aliphatic rings. The van der Waals surface area contributed by atoms with E-state index in [1.54, 1.807) is 12.4 Å². The fourth-order valence-electron chi connectivity index (χ4n) is 2.50. The molecule has 6 nitrogen and oxygen atoms in total. The van der Waals surface area contributed by atoms with Gasteiger partial charge in [-0.15, -0.1) is 71.8 Å². The van der Waals surface area contributed by atoms with Crippen molar-refractivity contribution in [1.82, 2.24) is 9.97 Å². The number of carbonyl (C=O) groups excluding carboxylic acids is 1. The molecule has 0 saturated heterocycles. The molecule has 0 saturated carbocycles. The molecule has 0 atom stereocenters.